The summed E-state index contributed by atoms with van der Waals surface area (Å²) in [7, 11) is 0. The van der Waals surface area contributed by atoms with Gasteiger partial charge in [0.15, 0.2) is 0 Å². The fraction of sp³-hybridized carbons (Fsp3) is 0. The highest BCUT2D eigenvalue weighted by Gasteiger charge is 2.11. The van der Waals surface area contributed by atoms with Gasteiger partial charge in [0.1, 0.15) is 10.7 Å². The molecule has 0 amide bonds. The van der Waals surface area contributed by atoms with E-state index < -0.39 is 0 Å². The first-order valence-corrected chi connectivity index (χ1v) is 8.65. The van der Waals surface area contributed by atoms with Crippen LogP contribution < -0.4 is 0 Å². The Morgan fingerprint density at radius 3 is 2.25 bits per heavy atom. The maximum absolute atomic E-state index is 4.78. The van der Waals surface area contributed by atoms with E-state index in [0.29, 0.717) is 0 Å². The minimum absolute atomic E-state index is 0.962. The van der Waals surface area contributed by atoms with Gasteiger partial charge in [0.25, 0.3) is 0 Å². The monoisotopic (exact) mass is 328 g/mol. The van der Waals surface area contributed by atoms with Gasteiger partial charge in [0.2, 0.25) is 0 Å². The van der Waals surface area contributed by atoms with Crippen LogP contribution in [0.1, 0.15) is 11.3 Å². The third-order valence-corrected chi connectivity index (χ3v) is 4.81. The van der Waals surface area contributed by atoms with Gasteiger partial charge < -0.3 is 0 Å². The average molecular weight is 328 g/mol. The SMILES string of the molecule is C(=C\c1nc2ccccn2c1Sc1ccccc1)/c1ccccc1. The van der Waals surface area contributed by atoms with Crippen LogP contribution in [-0.4, -0.2) is 9.38 Å². The van der Waals surface area contributed by atoms with E-state index in [1.807, 2.05) is 42.5 Å². The molecule has 0 radical (unpaired) electrons. The second-order valence-corrected chi connectivity index (χ2v) is 6.45. The molecule has 0 atom stereocenters. The third-order valence-electron chi connectivity index (χ3n) is 3.70. The van der Waals surface area contributed by atoms with Gasteiger partial charge in [-0.15, -0.1) is 0 Å². The second kappa shape index (κ2) is 6.77. The highest BCUT2D eigenvalue weighted by molar-refractivity contribution is 7.99. The van der Waals surface area contributed by atoms with E-state index in [9.17, 15) is 0 Å². The number of rotatable bonds is 4. The molecule has 0 aliphatic heterocycles. The molecule has 3 heteroatoms. The van der Waals surface area contributed by atoms with Gasteiger partial charge in [-0.05, 0) is 35.9 Å². The zero-order chi connectivity index (χ0) is 16.2. The molecule has 0 unspecified atom stereocenters. The molecule has 2 aromatic heterocycles. The Hall–Kier alpha value is -2.78. The van der Waals surface area contributed by atoms with E-state index in [2.05, 4.69) is 59.1 Å². The highest BCUT2D eigenvalue weighted by Crippen LogP contribution is 2.32. The molecule has 0 fully saturated rings. The number of pyridine rings is 1. The summed E-state index contributed by atoms with van der Waals surface area (Å²) < 4.78 is 2.14. The predicted molar refractivity (Wildman–Crippen MR) is 101 cm³/mol. The van der Waals surface area contributed by atoms with Crippen molar-refractivity contribution >= 4 is 29.6 Å². The van der Waals surface area contributed by atoms with Crippen LogP contribution in [0.5, 0.6) is 0 Å². The molecule has 0 saturated heterocycles. The lowest BCUT2D eigenvalue weighted by Gasteiger charge is -2.03. The zero-order valence-corrected chi connectivity index (χ0v) is 13.9. The molecule has 2 aromatic carbocycles. The van der Waals surface area contributed by atoms with Gasteiger partial charge in [0, 0.05) is 11.1 Å². The van der Waals surface area contributed by atoms with Crippen LogP contribution >= 0.6 is 11.8 Å². The molecule has 0 saturated carbocycles. The molecule has 0 spiro atoms. The molecule has 0 aliphatic rings. The Morgan fingerprint density at radius 2 is 1.46 bits per heavy atom. The van der Waals surface area contributed by atoms with Crippen LogP contribution in [0.2, 0.25) is 0 Å². The number of fused-ring (bicyclic) bond motifs is 1. The number of nitrogens with zero attached hydrogens (tertiary/aromatic N) is 2. The lowest BCUT2D eigenvalue weighted by atomic mass is 10.2. The summed E-state index contributed by atoms with van der Waals surface area (Å²) >= 11 is 1.73. The van der Waals surface area contributed by atoms with E-state index in [1.54, 1.807) is 11.8 Å². The van der Waals surface area contributed by atoms with Gasteiger partial charge in [0.05, 0.1) is 5.69 Å². The molecule has 2 heterocycles. The van der Waals surface area contributed by atoms with Crippen LogP contribution in [0.3, 0.4) is 0 Å². The first kappa shape index (κ1) is 14.8. The number of imidazole rings is 1. The Morgan fingerprint density at radius 1 is 0.750 bits per heavy atom. The number of benzene rings is 2. The van der Waals surface area contributed by atoms with Crippen molar-refractivity contribution in [3.63, 3.8) is 0 Å². The number of hydrogen-bond acceptors (Lipinski definition) is 2. The fourth-order valence-corrected chi connectivity index (χ4v) is 3.53. The minimum Gasteiger partial charge on any atom is -0.294 e. The molecular formula is C21H16N2S. The molecule has 0 aliphatic carbocycles. The van der Waals surface area contributed by atoms with Crippen LogP contribution in [0.15, 0.2) is 95.0 Å². The molecule has 2 nitrogen and oxygen atoms in total. The van der Waals surface area contributed by atoms with E-state index in [0.717, 1.165) is 16.4 Å². The quantitative estimate of drug-likeness (QED) is 0.481. The number of hydrogen-bond donors (Lipinski definition) is 0. The largest absolute Gasteiger partial charge is 0.294 e. The van der Waals surface area contributed by atoms with Crippen molar-refractivity contribution in [1.29, 1.82) is 0 Å². The molecule has 0 bridgehead atoms. The van der Waals surface area contributed by atoms with Crippen molar-refractivity contribution < 1.29 is 0 Å². The van der Waals surface area contributed by atoms with Crippen molar-refractivity contribution in [2.45, 2.75) is 9.92 Å². The smallest absolute Gasteiger partial charge is 0.138 e. The highest BCUT2D eigenvalue weighted by atomic mass is 32.2. The van der Waals surface area contributed by atoms with Crippen LogP contribution in [-0.2, 0) is 0 Å². The van der Waals surface area contributed by atoms with E-state index in [4.69, 9.17) is 4.98 Å². The van der Waals surface area contributed by atoms with Gasteiger partial charge in [-0.1, -0.05) is 72.4 Å². The fourth-order valence-electron chi connectivity index (χ4n) is 2.54. The summed E-state index contributed by atoms with van der Waals surface area (Å²) in [5.74, 6) is 0. The molecule has 24 heavy (non-hydrogen) atoms. The molecular weight excluding hydrogens is 312 g/mol. The van der Waals surface area contributed by atoms with Gasteiger partial charge in [-0.3, -0.25) is 4.40 Å². The summed E-state index contributed by atoms with van der Waals surface area (Å²) in [5.41, 5.74) is 3.12. The van der Waals surface area contributed by atoms with Crippen molar-refractivity contribution in [3.8, 4) is 0 Å². The Balaban J connectivity index is 1.77. The lowest BCUT2D eigenvalue weighted by Crippen LogP contribution is -1.85. The first-order valence-electron chi connectivity index (χ1n) is 7.83. The standard InChI is InChI=1S/C21H16N2S/c1-3-9-17(10-4-1)14-15-19-21(24-18-11-5-2-6-12-18)23-16-8-7-13-20(23)22-19/h1-16H/b15-14+. The Kier molecular flexibility index (Phi) is 4.17. The molecule has 4 rings (SSSR count). The van der Waals surface area contributed by atoms with E-state index in [1.165, 1.54) is 10.5 Å². The van der Waals surface area contributed by atoms with Crippen LogP contribution in [0.25, 0.3) is 17.8 Å². The average Bonchev–Trinajstić information content (AvgIpc) is 2.99. The van der Waals surface area contributed by atoms with Crippen LogP contribution in [0.4, 0.5) is 0 Å². The summed E-state index contributed by atoms with van der Waals surface area (Å²) in [4.78, 5) is 5.99. The van der Waals surface area contributed by atoms with Gasteiger partial charge in [-0.25, -0.2) is 4.98 Å². The minimum atomic E-state index is 0.962. The van der Waals surface area contributed by atoms with Crippen molar-refractivity contribution in [1.82, 2.24) is 9.38 Å². The second-order valence-electron chi connectivity index (χ2n) is 5.39. The Labute approximate surface area is 145 Å². The van der Waals surface area contributed by atoms with Gasteiger partial charge >= 0.3 is 0 Å². The Bertz CT molecular complexity index is 973. The predicted octanol–water partition coefficient (Wildman–Crippen LogP) is 5.66. The number of aromatic nitrogens is 2. The summed E-state index contributed by atoms with van der Waals surface area (Å²) in [6, 6.07) is 26.8. The molecule has 116 valence electrons. The zero-order valence-electron chi connectivity index (χ0n) is 13.0. The van der Waals surface area contributed by atoms with Crippen molar-refractivity contribution in [2.24, 2.45) is 0 Å². The summed E-state index contributed by atoms with van der Waals surface area (Å²) in [5, 5.41) is 1.13. The van der Waals surface area contributed by atoms with Crippen molar-refractivity contribution in [3.05, 3.63) is 96.3 Å². The maximum Gasteiger partial charge on any atom is 0.138 e. The van der Waals surface area contributed by atoms with Crippen LogP contribution in [0, 0.1) is 0 Å². The van der Waals surface area contributed by atoms with E-state index in [-0.39, 0.29) is 0 Å². The van der Waals surface area contributed by atoms with Crippen molar-refractivity contribution in [2.75, 3.05) is 0 Å². The lowest BCUT2D eigenvalue weighted by molar-refractivity contribution is 1.04. The molecule has 0 N–H and O–H groups in total. The topological polar surface area (TPSA) is 17.3 Å². The van der Waals surface area contributed by atoms with E-state index >= 15 is 0 Å². The first-order chi connectivity index (χ1) is 11.9. The normalized spacial score (nSPS) is 11.3. The third kappa shape index (κ3) is 3.12. The molecule has 4 aromatic rings. The van der Waals surface area contributed by atoms with Gasteiger partial charge in [-0.2, -0.15) is 0 Å². The summed E-state index contributed by atoms with van der Waals surface area (Å²) in [6.07, 6.45) is 6.26. The summed E-state index contributed by atoms with van der Waals surface area (Å²) in [6.45, 7) is 0. The maximum atomic E-state index is 4.78.